The molecule has 0 unspecified atom stereocenters. The molecule has 1 aliphatic carbocycles. The number of likely N-dealkylation sites (tertiary alicyclic amines) is 1. The van der Waals surface area contributed by atoms with Crippen LogP contribution in [-0.2, 0) is 6.42 Å². The summed E-state index contributed by atoms with van der Waals surface area (Å²) in [7, 11) is 0. The molecule has 1 aliphatic heterocycles. The lowest BCUT2D eigenvalue weighted by Gasteiger charge is -2.34. The van der Waals surface area contributed by atoms with Gasteiger partial charge in [-0.25, -0.2) is 14.2 Å². The number of halogens is 1. The number of imidazole rings is 1. The lowest BCUT2D eigenvalue weighted by molar-refractivity contribution is 0.167. The van der Waals surface area contributed by atoms with E-state index in [0.29, 0.717) is 6.04 Å². The molecule has 1 N–H and O–H groups in total. The summed E-state index contributed by atoms with van der Waals surface area (Å²) in [6.07, 6.45) is 10.3. The van der Waals surface area contributed by atoms with E-state index in [-0.39, 0.29) is 17.9 Å². The Morgan fingerprint density at radius 2 is 2.08 bits per heavy atom. The summed E-state index contributed by atoms with van der Waals surface area (Å²) in [6.45, 7) is 1.47. The molecule has 2 aromatic rings. The van der Waals surface area contributed by atoms with Crippen LogP contribution in [-0.4, -0.2) is 33.6 Å². The quantitative estimate of drug-likeness (QED) is 0.909. The molecule has 4 rings (SSSR count). The number of nitrogens with one attached hydrogen (secondary N) is 1. The minimum Gasteiger partial charge on any atom is -0.334 e. The number of carbonyl (C=O) groups excluding carboxylic acids is 1. The van der Waals surface area contributed by atoms with E-state index in [2.05, 4.69) is 14.9 Å². The van der Waals surface area contributed by atoms with Crippen molar-refractivity contribution in [3.8, 4) is 0 Å². The molecule has 2 aliphatic rings. The van der Waals surface area contributed by atoms with Crippen LogP contribution in [0.5, 0.6) is 0 Å². The largest absolute Gasteiger partial charge is 0.334 e. The van der Waals surface area contributed by atoms with Crippen LogP contribution in [0.3, 0.4) is 0 Å². The number of carbonyl (C=O) groups is 1. The number of aromatic nitrogens is 2. The summed E-state index contributed by atoms with van der Waals surface area (Å²) in [5.74, 6) is -0.235. The molecular weight excluding hydrogens is 319 g/mol. The highest BCUT2D eigenvalue weighted by Crippen LogP contribution is 2.31. The van der Waals surface area contributed by atoms with Crippen molar-refractivity contribution in [3.05, 3.63) is 53.9 Å². The second kappa shape index (κ2) is 6.86. The first-order chi connectivity index (χ1) is 12.2. The number of urea groups is 1. The maximum absolute atomic E-state index is 13.6. The second-order valence-electron chi connectivity index (χ2n) is 6.97. The van der Waals surface area contributed by atoms with Crippen LogP contribution in [0.15, 0.2) is 36.9 Å². The van der Waals surface area contributed by atoms with E-state index in [1.165, 1.54) is 6.07 Å². The Hall–Kier alpha value is -2.37. The highest BCUT2D eigenvalue weighted by atomic mass is 19.1. The number of fused-ring (bicyclic) bond motifs is 1. The number of hydrogen-bond acceptors (Lipinski definition) is 2. The summed E-state index contributed by atoms with van der Waals surface area (Å²) in [4.78, 5) is 18.6. The Balaban J connectivity index is 1.38. The maximum Gasteiger partial charge on any atom is 0.317 e. The third-order valence-electron chi connectivity index (χ3n) is 5.42. The summed E-state index contributed by atoms with van der Waals surface area (Å²) >= 11 is 0. The average Bonchev–Trinajstić information content (AvgIpc) is 3.17. The molecule has 1 fully saturated rings. The minimum atomic E-state index is -0.235. The normalized spacial score (nSPS) is 21.0. The summed E-state index contributed by atoms with van der Waals surface area (Å²) in [6, 6.07) is 5.22. The van der Waals surface area contributed by atoms with E-state index in [4.69, 9.17) is 0 Å². The van der Waals surface area contributed by atoms with Gasteiger partial charge in [-0.2, -0.15) is 0 Å². The molecule has 0 spiro atoms. The van der Waals surface area contributed by atoms with Gasteiger partial charge in [-0.3, -0.25) is 0 Å². The van der Waals surface area contributed by atoms with Crippen LogP contribution in [0.2, 0.25) is 0 Å². The summed E-state index contributed by atoms with van der Waals surface area (Å²) in [5.41, 5.74) is 2.09. The van der Waals surface area contributed by atoms with Crippen molar-refractivity contribution in [3.63, 3.8) is 0 Å². The van der Waals surface area contributed by atoms with Gasteiger partial charge in [0.25, 0.3) is 0 Å². The predicted molar refractivity (Wildman–Crippen MR) is 92.7 cm³/mol. The van der Waals surface area contributed by atoms with E-state index in [1.807, 2.05) is 23.5 Å². The number of aryl methyl sites for hydroxylation is 1. The summed E-state index contributed by atoms with van der Waals surface area (Å²) in [5, 5.41) is 3.12. The number of piperidine rings is 1. The Bertz CT molecular complexity index is 738. The van der Waals surface area contributed by atoms with Gasteiger partial charge >= 0.3 is 6.03 Å². The van der Waals surface area contributed by atoms with Crippen LogP contribution < -0.4 is 5.32 Å². The van der Waals surface area contributed by atoms with E-state index >= 15 is 0 Å². The average molecular weight is 342 g/mol. The van der Waals surface area contributed by atoms with Gasteiger partial charge in [0.15, 0.2) is 0 Å². The molecule has 6 heteroatoms. The standard InChI is InChI=1S/C19H23FN4O/c20-15-5-4-14-2-1-3-18(17(14)12-15)22-19(25)23-9-6-16(7-10-23)24-11-8-21-13-24/h4-5,8,11-13,16,18H,1-3,6-7,9-10H2,(H,22,25)/t18-/m1/s1. The van der Waals surface area contributed by atoms with Gasteiger partial charge in [0.1, 0.15) is 5.82 Å². The number of amides is 2. The predicted octanol–water partition coefficient (Wildman–Crippen LogP) is 3.45. The molecule has 25 heavy (non-hydrogen) atoms. The van der Waals surface area contributed by atoms with Crippen molar-refractivity contribution in [1.29, 1.82) is 0 Å². The van der Waals surface area contributed by atoms with Crippen LogP contribution in [0, 0.1) is 5.82 Å². The van der Waals surface area contributed by atoms with Crippen LogP contribution >= 0.6 is 0 Å². The lowest BCUT2D eigenvalue weighted by atomic mass is 9.87. The van der Waals surface area contributed by atoms with Crippen LogP contribution in [0.1, 0.15) is 48.9 Å². The minimum absolute atomic E-state index is 0.0359. The molecule has 1 aromatic heterocycles. The zero-order chi connectivity index (χ0) is 17.2. The Kier molecular flexibility index (Phi) is 4.42. The van der Waals surface area contributed by atoms with Gasteiger partial charge < -0.3 is 14.8 Å². The fraction of sp³-hybridized carbons (Fsp3) is 0.474. The number of rotatable bonds is 2. The van der Waals surface area contributed by atoms with Crippen molar-refractivity contribution in [1.82, 2.24) is 19.8 Å². The van der Waals surface area contributed by atoms with Gasteiger partial charge in [0, 0.05) is 31.5 Å². The molecule has 1 saturated heterocycles. The first-order valence-electron chi connectivity index (χ1n) is 9.02. The fourth-order valence-corrected chi connectivity index (χ4v) is 4.01. The Labute approximate surface area is 146 Å². The third-order valence-corrected chi connectivity index (χ3v) is 5.42. The molecule has 0 radical (unpaired) electrons. The molecule has 5 nitrogen and oxygen atoms in total. The molecule has 132 valence electrons. The zero-order valence-electron chi connectivity index (χ0n) is 14.2. The first kappa shape index (κ1) is 16.1. The van der Waals surface area contributed by atoms with Crippen LogP contribution in [0.4, 0.5) is 9.18 Å². The van der Waals surface area contributed by atoms with Crippen molar-refractivity contribution in [2.24, 2.45) is 0 Å². The van der Waals surface area contributed by atoms with E-state index < -0.39 is 0 Å². The molecule has 2 heterocycles. The zero-order valence-corrected chi connectivity index (χ0v) is 14.2. The van der Waals surface area contributed by atoms with E-state index in [1.54, 1.807) is 12.3 Å². The number of nitrogens with zero attached hydrogens (tertiary/aromatic N) is 3. The van der Waals surface area contributed by atoms with Crippen molar-refractivity contribution in [2.45, 2.75) is 44.2 Å². The number of hydrogen-bond donors (Lipinski definition) is 1. The maximum atomic E-state index is 13.6. The molecule has 1 aromatic carbocycles. The third kappa shape index (κ3) is 3.38. The topological polar surface area (TPSA) is 50.2 Å². The van der Waals surface area contributed by atoms with Crippen molar-refractivity contribution < 1.29 is 9.18 Å². The van der Waals surface area contributed by atoms with Crippen molar-refractivity contribution in [2.75, 3.05) is 13.1 Å². The van der Waals surface area contributed by atoms with Gasteiger partial charge in [-0.1, -0.05) is 6.07 Å². The van der Waals surface area contributed by atoms with Gasteiger partial charge in [-0.05, 0) is 55.4 Å². The SMILES string of the molecule is O=C(N[C@@H]1CCCc2ccc(F)cc21)N1CCC(n2ccnc2)CC1. The highest BCUT2D eigenvalue weighted by molar-refractivity contribution is 5.75. The fourth-order valence-electron chi connectivity index (χ4n) is 4.01. The first-order valence-corrected chi connectivity index (χ1v) is 9.02. The molecule has 2 amide bonds. The van der Waals surface area contributed by atoms with E-state index in [9.17, 15) is 9.18 Å². The van der Waals surface area contributed by atoms with Crippen LogP contribution in [0.25, 0.3) is 0 Å². The highest BCUT2D eigenvalue weighted by Gasteiger charge is 2.27. The molecular formula is C19H23FN4O. The molecule has 0 saturated carbocycles. The molecule has 1 atom stereocenters. The second-order valence-corrected chi connectivity index (χ2v) is 6.97. The van der Waals surface area contributed by atoms with Gasteiger partial charge in [0.05, 0.1) is 12.4 Å². The monoisotopic (exact) mass is 342 g/mol. The van der Waals surface area contributed by atoms with E-state index in [0.717, 1.165) is 56.3 Å². The Morgan fingerprint density at radius 1 is 1.24 bits per heavy atom. The number of benzene rings is 1. The van der Waals surface area contributed by atoms with Gasteiger partial charge in [0.2, 0.25) is 0 Å². The smallest absolute Gasteiger partial charge is 0.317 e. The Morgan fingerprint density at radius 3 is 2.84 bits per heavy atom. The lowest BCUT2D eigenvalue weighted by Crippen LogP contribution is -2.46. The van der Waals surface area contributed by atoms with Crippen molar-refractivity contribution >= 4 is 6.03 Å². The van der Waals surface area contributed by atoms with Gasteiger partial charge in [-0.15, -0.1) is 0 Å². The summed E-state index contributed by atoms with van der Waals surface area (Å²) < 4.78 is 15.7. The molecule has 0 bridgehead atoms.